The summed E-state index contributed by atoms with van der Waals surface area (Å²) in [5.41, 5.74) is 4.83. The minimum absolute atomic E-state index is 0.640. The predicted molar refractivity (Wildman–Crippen MR) is 94.2 cm³/mol. The van der Waals surface area contributed by atoms with Crippen molar-refractivity contribution in [3.8, 4) is 0 Å². The van der Waals surface area contributed by atoms with Crippen LogP contribution in [-0.2, 0) is 4.79 Å². The van der Waals surface area contributed by atoms with Crippen molar-refractivity contribution in [1.29, 1.82) is 0 Å². The van der Waals surface area contributed by atoms with E-state index in [4.69, 9.17) is 5.73 Å². The molecule has 4 heteroatoms. The number of rotatable bonds is 15. The first-order chi connectivity index (χ1) is 10.5. The van der Waals surface area contributed by atoms with Crippen LogP contribution >= 0.6 is 0 Å². The molecular formula is C18H38N2O2. The smallest absolute Gasteiger partial charge is 0.324 e. The second-order valence-electron chi connectivity index (χ2n) is 6.70. The van der Waals surface area contributed by atoms with Gasteiger partial charge in [0, 0.05) is 0 Å². The number of nitrogens with zero attached hydrogens (tertiary/aromatic N) is 1. The molecule has 0 spiro atoms. The second kappa shape index (κ2) is 12.9. The molecular weight excluding hydrogens is 276 g/mol. The van der Waals surface area contributed by atoms with Crippen LogP contribution in [0.5, 0.6) is 0 Å². The zero-order chi connectivity index (χ0) is 16.8. The lowest BCUT2D eigenvalue weighted by molar-refractivity contribution is -0.151. The highest BCUT2D eigenvalue weighted by atomic mass is 16.4. The van der Waals surface area contributed by atoms with Crippen molar-refractivity contribution in [3.63, 3.8) is 0 Å². The minimum atomic E-state index is -0.711. The molecule has 0 aromatic rings. The second-order valence-corrected chi connectivity index (χ2v) is 6.70. The monoisotopic (exact) mass is 314 g/mol. The van der Waals surface area contributed by atoms with E-state index in [9.17, 15) is 9.90 Å². The molecule has 0 radical (unpaired) electrons. The third-order valence-electron chi connectivity index (χ3n) is 4.74. The lowest BCUT2D eigenvalue weighted by Crippen LogP contribution is -2.51. The standard InChI is InChI=1S/C18H38N2O2/c1-4-5-6-7-8-9-10-11-14-18(17(21)22,20(2)3)15-12-13-16-19/h4-16,19H2,1-3H3,(H,21,22)/t18-/m0/s1. The Morgan fingerprint density at radius 2 is 1.36 bits per heavy atom. The molecule has 4 nitrogen and oxygen atoms in total. The number of carboxylic acids is 1. The van der Waals surface area contributed by atoms with Crippen molar-refractivity contribution in [3.05, 3.63) is 0 Å². The van der Waals surface area contributed by atoms with Crippen LogP contribution in [0.25, 0.3) is 0 Å². The lowest BCUT2D eigenvalue weighted by Gasteiger charge is -2.36. The zero-order valence-corrected chi connectivity index (χ0v) is 15.1. The Hall–Kier alpha value is -0.610. The predicted octanol–water partition coefficient (Wildman–Crippen LogP) is 4.03. The molecule has 0 rings (SSSR count). The SMILES string of the molecule is CCCCCCCCCC[C@](CCCCN)(C(=O)O)N(C)C. The van der Waals surface area contributed by atoms with Crippen molar-refractivity contribution in [2.75, 3.05) is 20.6 Å². The molecule has 1 atom stereocenters. The fourth-order valence-corrected chi connectivity index (χ4v) is 3.09. The van der Waals surface area contributed by atoms with Gasteiger partial charge >= 0.3 is 5.97 Å². The van der Waals surface area contributed by atoms with Gasteiger partial charge in [-0.25, -0.2) is 0 Å². The molecule has 0 saturated carbocycles. The van der Waals surface area contributed by atoms with Gasteiger partial charge < -0.3 is 10.8 Å². The van der Waals surface area contributed by atoms with Crippen LogP contribution in [0.1, 0.15) is 84.0 Å². The number of carbonyl (C=O) groups is 1. The Morgan fingerprint density at radius 1 is 0.909 bits per heavy atom. The van der Waals surface area contributed by atoms with Gasteiger partial charge in [-0.05, 0) is 46.3 Å². The molecule has 0 aliphatic carbocycles. The van der Waals surface area contributed by atoms with Gasteiger partial charge in [-0.15, -0.1) is 0 Å². The van der Waals surface area contributed by atoms with Crippen LogP contribution in [0, 0.1) is 0 Å². The Bertz CT molecular complexity index is 282. The molecule has 0 bridgehead atoms. The first-order valence-corrected chi connectivity index (χ1v) is 9.12. The summed E-state index contributed by atoms with van der Waals surface area (Å²) in [5, 5.41) is 9.72. The number of unbranched alkanes of at least 4 members (excludes halogenated alkanes) is 8. The fourth-order valence-electron chi connectivity index (χ4n) is 3.09. The highest BCUT2D eigenvalue weighted by Crippen LogP contribution is 2.27. The van der Waals surface area contributed by atoms with Crippen LogP contribution in [-0.4, -0.2) is 42.2 Å². The van der Waals surface area contributed by atoms with Crippen molar-refractivity contribution in [2.24, 2.45) is 5.73 Å². The molecule has 132 valence electrons. The van der Waals surface area contributed by atoms with E-state index in [1.165, 1.54) is 38.5 Å². The summed E-state index contributed by atoms with van der Waals surface area (Å²) < 4.78 is 0. The van der Waals surface area contributed by atoms with Crippen LogP contribution in [0.2, 0.25) is 0 Å². The molecule has 0 aliphatic heterocycles. The number of nitrogens with two attached hydrogens (primary N) is 1. The number of likely N-dealkylation sites (N-methyl/N-ethyl adjacent to an activating group) is 1. The van der Waals surface area contributed by atoms with Gasteiger partial charge in [0.15, 0.2) is 0 Å². The molecule has 0 aliphatic rings. The van der Waals surface area contributed by atoms with E-state index < -0.39 is 11.5 Å². The summed E-state index contributed by atoms with van der Waals surface area (Å²) in [6.45, 7) is 2.87. The van der Waals surface area contributed by atoms with Crippen molar-refractivity contribution < 1.29 is 9.90 Å². The number of hydrogen-bond donors (Lipinski definition) is 2. The molecule has 0 aromatic heterocycles. The number of aliphatic carboxylic acids is 1. The maximum absolute atomic E-state index is 11.8. The Kier molecular flexibility index (Phi) is 12.5. The summed E-state index contributed by atoms with van der Waals surface area (Å²) in [5.74, 6) is -0.683. The van der Waals surface area contributed by atoms with E-state index in [0.717, 1.165) is 32.1 Å². The highest BCUT2D eigenvalue weighted by molar-refractivity contribution is 5.78. The summed E-state index contributed by atoms with van der Waals surface area (Å²) in [6.07, 6.45) is 13.2. The first kappa shape index (κ1) is 21.4. The molecule has 0 aromatic carbocycles. The Balaban J connectivity index is 4.15. The first-order valence-electron chi connectivity index (χ1n) is 9.12. The van der Waals surface area contributed by atoms with E-state index in [1.54, 1.807) is 0 Å². The molecule has 0 heterocycles. The average Bonchev–Trinajstić information content (AvgIpc) is 2.47. The van der Waals surface area contributed by atoms with Gasteiger partial charge in [-0.2, -0.15) is 0 Å². The maximum atomic E-state index is 11.8. The normalized spacial score (nSPS) is 14.2. The zero-order valence-electron chi connectivity index (χ0n) is 15.1. The molecule has 0 saturated heterocycles. The van der Waals surface area contributed by atoms with Crippen LogP contribution < -0.4 is 5.73 Å². The van der Waals surface area contributed by atoms with E-state index in [2.05, 4.69) is 6.92 Å². The quantitative estimate of drug-likeness (QED) is 0.448. The number of carboxylic acid groups (broad SMARTS) is 1. The number of hydrogen-bond acceptors (Lipinski definition) is 3. The molecule has 3 N–H and O–H groups in total. The molecule has 0 amide bonds. The Morgan fingerprint density at radius 3 is 1.77 bits per heavy atom. The maximum Gasteiger partial charge on any atom is 0.324 e. The van der Waals surface area contributed by atoms with E-state index in [1.807, 2.05) is 19.0 Å². The lowest BCUT2D eigenvalue weighted by atomic mass is 9.85. The molecule has 0 unspecified atom stereocenters. The summed E-state index contributed by atoms with van der Waals surface area (Å²) in [4.78, 5) is 13.7. The van der Waals surface area contributed by atoms with Gasteiger partial charge in [0.25, 0.3) is 0 Å². The average molecular weight is 315 g/mol. The van der Waals surface area contributed by atoms with Gasteiger partial charge in [-0.1, -0.05) is 58.3 Å². The fraction of sp³-hybridized carbons (Fsp3) is 0.944. The van der Waals surface area contributed by atoms with Gasteiger partial charge in [0.1, 0.15) is 5.54 Å². The van der Waals surface area contributed by atoms with Crippen LogP contribution in [0.4, 0.5) is 0 Å². The minimum Gasteiger partial charge on any atom is -0.480 e. The van der Waals surface area contributed by atoms with Crippen LogP contribution in [0.3, 0.4) is 0 Å². The summed E-state index contributed by atoms with van der Waals surface area (Å²) in [7, 11) is 3.78. The summed E-state index contributed by atoms with van der Waals surface area (Å²) >= 11 is 0. The van der Waals surface area contributed by atoms with Gasteiger partial charge in [0.2, 0.25) is 0 Å². The molecule has 22 heavy (non-hydrogen) atoms. The van der Waals surface area contributed by atoms with Crippen LogP contribution in [0.15, 0.2) is 0 Å². The van der Waals surface area contributed by atoms with E-state index >= 15 is 0 Å². The molecule has 0 fully saturated rings. The third kappa shape index (κ3) is 8.14. The van der Waals surface area contributed by atoms with E-state index in [0.29, 0.717) is 13.0 Å². The van der Waals surface area contributed by atoms with Crippen molar-refractivity contribution >= 4 is 5.97 Å². The van der Waals surface area contributed by atoms with Gasteiger partial charge in [0.05, 0.1) is 0 Å². The third-order valence-corrected chi connectivity index (χ3v) is 4.74. The topological polar surface area (TPSA) is 66.6 Å². The highest BCUT2D eigenvalue weighted by Gasteiger charge is 2.39. The van der Waals surface area contributed by atoms with Crippen molar-refractivity contribution in [1.82, 2.24) is 4.90 Å². The van der Waals surface area contributed by atoms with Crippen molar-refractivity contribution in [2.45, 2.75) is 89.5 Å². The largest absolute Gasteiger partial charge is 0.480 e. The Labute approximate surface area is 137 Å². The summed E-state index contributed by atoms with van der Waals surface area (Å²) in [6, 6.07) is 0. The van der Waals surface area contributed by atoms with Gasteiger partial charge in [-0.3, -0.25) is 9.69 Å². The van der Waals surface area contributed by atoms with E-state index in [-0.39, 0.29) is 0 Å².